The fourth-order valence-electron chi connectivity index (χ4n) is 3.51. The molecular formula is C22H22N4O4. The molecular weight excluding hydrogens is 384 g/mol. The standard InChI is InChI=1S/C22H22N4O4/c1-29-19-9-8-17(21(23-19)30-2)22(28)25-11-10-18-16(14-25)12-20(27)26(24-18)13-15-6-4-3-5-7-15/h3-9,12H,10-11,13-14H2,1-2H3. The number of carbonyl (C=O) groups excluding carboxylic acids is 1. The molecule has 1 aromatic carbocycles. The second kappa shape index (κ2) is 8.36. The predicted octanol–water partition coefficient (Wildman–Crippen LogP) is 1.90. The first kappa shape index (κ1) is 19.6. The van der Waals surface area contributed by atoms with Crippen molar-refractivity contribution in [2.75, 3.05) is 20.8 Å². The maximum absolute atomic E-state index is 13.0. The molecule has 0 bridgehead atoms. The molecule has 0 atom stereocenters. The maximum atomic E-state index is 13.0. The van der Waals surface area contributed by atoms with Crippen LogP contribution < -0.4 is 15.0 Å². The Balaban J connectivity index is 1.56. The highest BCUT2D eigenvalue weighted by Gasteiger charge is 2.26. The van der Waals surface area contributed by atoms with E-state index in [1.165, 1.54) is 18.9 Å². The Morgan fingerprint density at radius 2 is 1.90 bits per heavy atom. The molecule has 154 valence electrons. The van der Waals surface area contributed by atoms with Gasteiger partial charge in [-0.3, -0.25) is 9.59 Å². The van der Waals surface area contributed by atoms with Gasteiger partial charge in [-0.05, 0) is 11.6 Å². The third-order valence-corrected chi connectivity index (χ3v) is 5.07. The van der Waals surface area contributed by atoms with E-state index in [1.54, 1.807) is 23.1 Å². The second-order valence-corrected chi connectivity index (χ2v) is 6.98. The first-order valence-corrected chi connectivity index (χ1v) is 9.61. The van der Waals surface area contributed by atoms with Crippen LogP contribution in [-0.4, -0.2) is 46.3 Å². The third kappa shape index (κ3) is 3.89. The molecule has 0 unspecified atom stereocenters. The highest BCUT2D eigenvalue weighted by atomic mass is 16.5. The van der Waals surface area contributed by atoms with Gasteiger partial charge in [0.2, 0.25) is 11.8 Å². The average Bonchev–Trinajstić information content (AvgIpc) is 2.79. The molecule has 3 heterocycles. The summed E-state index contributed by atoms with van der Waals surface area (Å²) in [6.07, 6.45) is 0.571. The molecule has 2 aromatic heterocycles. The van der Waals surface area contributed by atoms with Crippen LogP contribution in [0, 0.1) is 0 Å². The van der Waals surface area contributed by atoms with Gasteiger partial charge in [0.05, 0.1) is 26.5 Å². The lowest BCUT2D eigenvalue weighted by atomic mass is 10.1. The number of methoxy groups -OCH3 is 2. The largest absolute Gasteiger partial charge is 0.481 e. The van der Waals surface area contributed by atoms with E-state index < -0.39 is 0 Å². The number of amides is 1. The zero-order chi connectivity index (χ0) is 21.1. The summed E-state index contributed by atoms with van der Waals surface area (Å²) in [4.78, 5) is 31.5. The monoisotopic (exact) mass is 406 g/mol. The normalized spacial score (nSPS) is 12.9. The first-order valence-electron chi connectivity index (χ1n) is 9.61. The number of hydrogen-bond donors (Lipinski definition) is 0. The number of nitrogens with zero attached hydrogens (tertiary/aromatic N) is 4. The van der Waals surface area contributed by atoms with Gasteiger partial charge in [-0.1, -0.05) is 30.3 Å². The number of hydrogen-bond acceptors (Lipinski definition) is 6. The molecule has 30 heavy (non-hydrogen) atoms. The SMILES string of the molecule is COc1ccc(C(=O)N2CCc3nn(Cc4ccccc4)c(=O)cc3C2)c(OC)n1. The van der Waals surface area contributed by atoms with Crippen molar-refractivity contribution in [1.82, 2.24) is 19.7 Å². The summed E-state index contributed by atoms with van der Waals surface area (Å²) >= 11 is 0. The van der Waals surface area contributed by atoms with Gasteiger partial charge in [0.1, 0.15) is 5.56 Å². The molecule has 1 aliphatic heterocycles. The molecule has 0 saturated carbocycles. The fourth-order valence-corrected chi connectivity index (χ4v) is 3.51. The van der Waals surface area contributed by atoms with E-state index in [0.29, 0.717) is 37.5 Å². The van der Waals surface area contributed by atoms with Crippen LogP contribution in [0.5, 0.6) is 11.8 Å². The zero-order valence-corrected chi connectivity index (χ0v) is 16.9. The minimum atomic E-state index is -0.207. The van der Waals surface area contributed by atoms with Gasteiger partial charge >= 0.3 is 0 Å². The Morgan fingerprint density at radius 3 is 2.63 bits per heavy atom. The van der Waals surface area contributed by atoms with Crippen molar-refractivity contribution in [3.05, 3.63) is 81.3 Å². The first-order chi connectivity index (χ1) is 14.6. The Labute approximate surface area is 173 Å². The molecule has 8 nitrogen and oxygen atoms in total. The van der Waals surface area contributed by atoms with Crippen LogP contribution in [0.4, 0.5) is 0 Å². The number of aromatic nitrogens is 3. The summed E-state index contributed by atoms with van der Waals surface area (Å²) in [6.45, 7) is 1.24. The number of fused-ring (bicyclic) bond motifs is 1. The fraction of sp³-hybridized carbons (Fsp3) is 0.273. The van der Waals surface area contributed by atoms with E-state index in [9.17, 15) is 9.59 Å². The van der Waals surface area contributed by atoms with Crippen LogP contribution in [0.1, 0.15) is 27.2 Å². The smallest absolute Gasteiger partial charge is 0.267 e. The lowest BCUT2D eigenvalue weighted by Crippen LogP contribution is -2.38. The van der Waals surface area contributed by atoms with Crippen molar-refractivity contribution in [2.24, 2.45) is 0 Å². The van der Waals surface area contributed by atoms with Gasteiger partial charge in [0.15, 0.2) is 0 Å². The Hall–Kier alpha value is -3.68. The predicted molar refractivity (Wildman–Crippen MR) is 110 cm³/mol. The average molecular weight is 406 g/mol. The van der Waals surface area contributed by atoms with Crippen LogP contribution >= 0.6 is 0 Å². The summed E-state index contributed by atoms with van der Waals surface area (Å²) in [5.74, 6) is 0.373. The van der Waals surface area contributed by atoms with Crippen LogP contribution in [0.2, 0.25) is 0 Å². The number of benzene rings is 1. The van der Waals surface area contributed by atoms with Gasteiger partial charge in [-0.25, -0.2) is 4.68 Å². The molecule has 8 heteroatoms. The molecule has 3 aromatic rings. The quantitative estimate of drug-likeness (QED) is 0.643. The van der Waals surface area contributed by atoms with E-state index in [2.05, 4.69) is 10.1 Å². The lowest BCUT2D eigenvalue weighted by molar-refractivity contribution is 0.0728. The molecule has 1 aliphatic rings. The summed E-state index contributed by atoms with van der Waals surface area (Å²) < 4.78 is 11.8. The molecule has 0 N–H and O–H groups in total. The van der Waals surface area contributed by atoms with E-state index in [4.69, 9.17) is 9.47 Å². The van der Waals surface area contributed by atoms with E-state index in [0.717, 1.165) is 16.8 Å². The van der Waals surface area contributed by atoms with Gasteiger partial charge in [-0.2, -0.15) is 10.1 Å². The van der Waals surface area contributed by atoms with Crippen LogP contribution in [0.25, 0.3) is 0 Å². The number of ether oxygens (including phenoxy) is 2. The summed E-state index contributed by atoms with van der Waals surface area (Å²) in [7, 11) is 2.96. The Kier molecular flexibility index (Phi) is 5.47. The van der Waals surface area contributed by atoms with Gasteiger partial charge in [-0.15, -0.1) is 0 Å². The van der Waals surface area contributed by atoms with Crippen molar-refractivity contribution in [3.8, 4) is 11.8 Å². The van der Waals surface area contributed by atoms with Crippen molar-refractivity contribution < 1.29 is 14.3 Å². The summed E-state index contributed by atoms with van der Waals surface area (Å²) in [5, 5.41) is 4.54. The van der Waals surface area contributed by atoms with Crippen LogP contribution in [0.15, 0.2) is 53.3 Å². The van der Waals surface area contributed by atoms with Gasteiger partial charge in [0, 0.05) is 37.2 Å². The number of rotatable bonds is 5. The van der Waals surface area contributed by atoms with E-state index in [1.807, 2.05) is 30.3 Å². The highest BCUT2D eigenvalue weighted by molar-refractivity contribution is 5.96. The zero-order valence-electron chi connectivity index (χ0n) is 16.9. The van der Waals surface area contributed by atoms with Crippen LogP contribution in [0.3, 0.4) is 0 Å². The molecule has 0 radical (unpaired) electrons. The molecule has 1 amide bonds. The molecule has 4 rings (SSSR count). The molecule has 0 spiro atoms. The van der Waals surface area contributed by atoms with Crippen molar-refractivity contribution in [2.45, 2.75) is 19.5 Å². The molecule has 0 aliphatic carbocycles. The second-order valence-electron chi connectivity index (χ2n) is 6.98. The Morgan fingerprint density at radius 1 is 1.10 bits per heavy atom. The maximum Gasteiger partial charge on any atom is 0.267 e. The van der Waals surface area contributed by atoms with Crippen molar-refractivity contribution in [1.29, 1.82) is 0 Å². The summed E-state index contributed by atoms with van der Waals surface area (Å²) in [5.41, 5.74) is 2.79. The van der Waals surface area contributed by atoms with Crippen molar-refractivity contribution in [3.63, 3.8) is 0 Å². The minimum Gasteiger partial charge on any atom is -0.481 e. The molecule has 0 fully saturated rings. The van der Waals surface area contributed by atoms with Crippen LogP contribution in [-0.2, 0) is 19.5 Å². The highest BCUT2D eigenvalue weighted by Crippen LogP contribution is 2.24. The summed E-state index contributed by atoms with van der Waals surface area (Å²) in [6, 6.07) is 14.6. The number of carbonyl (C=O) groups is 1. The van der Waals surface area contributed by atoms with Gasteiger partial charge < -0.3 is 14.4 Å². The van der Waals surface area contributed by atoms with Gasteiger partial charge in [0.25, 0.3) is 11.5 Å². The van der Waals surface area contributed by atoms with E-state index >= 15 is 0 Å². The number of pyridine rings is 1. The Bertz CT molecular complexity index is 1130. The topological polar surface area (TPSA) is 86.6 Å². The lowest BCUT2D eigenvalue weighted by Gasteiger charge is -2.28. The van der Waals surface area contributed by atoms with E-state index in [-0.39, 0.29) is 17.3 Å². The third-order valence-electron chi connectivity index (χ3n) is 5.07. The minimum absolute atomic E-state index is 0.185. The molecule has 0 saturated heterocycles. The van der Waals surface area contributed by atoms with Crippen molar-refractivity contribution >= 4 is 5.91 Å².